The van der Waals surface area contributed by atoms with Gasteiger partial charge in [-0.3, -0.25) is 0 Å². The molecule has 0 spiro atoms. The van der Waals surface area contributed by atoms with Gasteiger partial charge in [-0.25, -0.2) is 0 Å². The van der Waals surface area contributed by atoms with Crippen molar-refractivity contribution in [2.75, 3.05) is 6.54 Å². The first-order valence-electron chi connectivity index (χ1n) is 7.05. The third-order valence-corrected chi connectivity index (χ3v) is 5.65. The van der Waals surface area contributed by atoms with E-state index in [1.807, 2.05) is 19.1 Å². The van der Waals surface area contributed by atoms with Crippen LogP contribution in [0.2, 0.25) is 0 Å². The smallest absolute Gasteiger partial charge is 0.279 e. The molecule has 1 unspecified atom stereocenters. The second-order valence-corrected chi connectivity index (χ2v) is 7.49. The second-order valence-electron chi connectivity index (χ2n) is 5.34. The third kappa shape index (κ3) is 4.23. The molecule has 1 aliphatic rings. The van der Waals surface area contributed by atoms with E-state index in [-0.39, 0.29) is 12.6 Å². The minimum atomic E-state index is -3.42. The van der Waals surface area contributed by atoms with Crippen molar-refractivity contribution < 1.29 is 8.42 Å². The van der Waals surface area contributed by atoms with E-state index >= 15 is 0 Å². The lowest BCUT2D eigenvalue weighted by molar-refractivity contribution is 0.265. The fourth-order valence-corrected chi connectivity index (χ4v) is 4.07. The van der Waals surface area contributed by atoms with E-state index in [1.165, 1.54) is 0 Å². The maximum Gasteiger partial charge on any atom is 0.279 e. The average molecular weight is 327 g/mol. The molecule has 116 valence electrons. The quantitative estimate of drug-likeness (QED) is 0.804. The van der Waals surface area contributed by atoms with Gasteiger partial charge in [0.25, 0.3) is 10.2 Å². The maximum absolute atomic E-state index is 12.3. The van der Waals surface area contributed by atoms with Gasteiger partial charge in [0, 0.05) is 24.7 Å². The van der Waals surface area contributed by atoms with Crippen molar-refractivity contribution in [3.63, 3.8) is 0 Å². The minimum Gasteiger partial charge on any atom is -0.389 e. The Kier molecular flexibility index (Phi) is 5.32. The van der Waals surface area contributed by atoms with E-state index in [0.29, 0.717) is 11.5 Å². The number of piperidine rings is 1. The van der Waals surface area contributed by atoms with Gasteiger partial charge in [0.2, 0.25) is 0 Å². The molecule has 1 atom stereocenters. The first-order chi connectivity index (χ1) is 9.90. The number of nitrogens with one attached hydrogen (secondary N) is 1. The Balaban J connectivity index is 1.99. The summed E-state index contributed by atoms with van der Waals surface area (Å²) in [5.74, 6) is 0. The molecule has 0 amide bonds. The summed E-state index contributed by atoms with van der Waals surface area (Å²) < 4.78 is 28.9. The fourth-order valence-electron chi connectivity index (χ4n) is 2.47. The van der Waals surface area contributed by atoms with Crippen molar-refractivity contribution in [3.05, 3.63) is 35.4 Å². The highest BCUT2D eigenvalue weighted by atomic mass is 32.2. The van der Waals surface area contributed by atoms with E-state index in [1.54, 1.807) is 16.4 Å². The Labute approximate surface area is 131 Å². The average Bonchev–Trinajstić information content (AvgIpc) is 2.46. The largest absolute Gasteiger partial charge is 0.389 e. The van der Waals surface area contributed by atoms with Gasteiger partial charge in [-0.05, 0) is 25.3 Å². The Morgan fingerprint density at radius 1 is 1.38 bits per heavy atom. The number of nitrogens with zero attached hydrogens (tertiary/aromatic N) is 1. The van der Waals surface area contributed by atoms with Crippen molar-refractivity contribution in [1.82, 2.24) is 9.03 Å². The van der Waals surface area contributed by atoms with Crippen molar-refractivity contribution in [2.45, 2.75) is 38.8 Å². The van der Waals surface area contributed by atoms with Gasteiger partial charge in [-0.2, -0.15) is 17.4 Å². The zero-order chi connectivity index (χ0) is 15.5. The van der Waals surface area contributed by atoms with Crippen LogP contribution in [0.5, 0.6) is 0 Å². The molecule has 2 rings (SSSR count). The second kappa shape index (κ2) is 6.83. The van der Waals surface area contributed by atoms with Gasteiger partial charge in [0.05, 0.1) is 0 Å². The van der Waals surface area contributed by atoms with E-state index in [2.05, 4.69) is 4.72 Å². The number of benzene rings is 1. The van der Waals surface area contributed by atoms with E-state index in [4.69, 9.17) is 18.0 Å². The molecule has 1 fully saturated rings. The molecule has 0 bridgehead atoms. The molecule has 1 saturated heterocycles. The standard InChI is InChI=1S/C14H21N3O2S2/c1-11-4-2-3-9-17(11)21(18,19)16-10-12-5-7-13(8-6-12)14(15)20/h5-8,11,16H,2-4,9-10H2,1H3,(H2,15,20). The van der Waals surface area contributed by atoms with Crippen LogP contribution in [-0.2, 0) is 16.8 Å². The lowest BCUT2D eigenvalue weighted by Crippen LogP contribution is -2.47. The fraction of sp³-hybridized carbons (Fsp3) is 0.500. The highest BCUT2D eigenvalue weighted by molar-refractivity contribution is 7.87. The third-order valence-electron chi connectivity index (χ3n) is 3.75. The normalized spacial score (nSPS) is 20.3. The van der Waals surface area contributed by atoms with Crippen LogP contribution in [0.25, 0.3) is 0 Å². The first kappa shape index (κ1) is 16.4. The number of nitrogens with two attached hydrogens (primary N) is 1. The number of thiocarbonyl (C=S) groups is 1. The molecule has 21 heavy (non-hydrogen) atoms. The van der Waals surface area contributed by atoms with Crippen molar-refractivity contribution in [1.29, 1.82) is 0 Å². The molecule has 7 heteroatoms. The van der Waals surface area contributed by atoms with Crippen LogP contribution in [0, 0.1) is 0 Å². The molecular weight excluding hydrogens is 306 g/mol. The van der Waals surface area contributed by atoms with E-state index in [9.17, 15) is 8.42 Å². The summed E-state index contributed by atoms with van der Waals surface area (Å²) in [6, 6.07) is 7.33. The lowest BCUT2D eigenvalue weighted by Gasteiger charge is -2.32. The van der Waals surface area contributed by atoms with Crippen molar-refractivity contribution in [3.8, 4) is 0 Å². The number of rotatable bonds is 5. The van der Waals surface area contributed by atoms with E-state index < -0.39 is 10.2 Å². The van der Waals surface area contributed by atoms with Crippen molar-refractivity contribution >= 4 is 27.4 Å². The van der Waals surface area contributed by atoms with Crippen LogP contribution in [-0.4, -0.2) is 30.3 Å². The van der Waals surface area contributed by atoms with Gasteiger partial charge in [-0.15, -0.1) is 0 Å². The molecule has 0 aromatic heterocycles. The van der Waals surface area contributed by atoms with Crippen LogP contribution in [0.4, 0.5) is 0 Å². The molecule has 0 radical (unpaired) electrons. The monoisotopic (exact) mass is 327 g/mol. The summed E-state index contributed by atoms with van der Waals surface area (Å²) in [5.41, 5.74) is 7.19. The summed E-state index contributed by atoms with van der Waals surface area (Å²) in [6.45, 7) is 2.81. The molecule has 0 aliphatic carbocycles. The first-order valence-corrected chi connectivity index (χ1v) is 8.90. The van der Waals surface area contributed by atoms with Gasteiger partial charge >= 0.3 is 0 Å². The van der Waals surface area contributed by atoms with Gasteiger partial charge in [0.1, 0.15) is 4.99 Å². The number of hydrogen-bond acceptors (Lipinski definition) is 3. The molecule has 1 aromatic rings. The summed E-state index contributed by atoms with van der Waals surface area (Å²) in [5, 5.41) is 0. The highest BCUT2D eigenvalue weighted by Gasteiger charge is 2.28. The molecule has 1 aliphatic heterocycles. The Morgan fingerprint density at radius 3 is 2.62 bits per heavy atom. The van der Waals surface area contributed by atoms with Crippen LogP contribution in [0.1, 0.15) is 37.3 Å². The van der Waals surface area contributed by atoms with Crippen LogP contribution in [0.3, 0.4) is 0 Å². The highest BCUT2D eigenvalue weighted by Crippen LogP contribution is 2.19. The van der Waals surface area contributed by atoms with Crippen LogP contribution in [0.15, 0.2) is 24.3 Å². The molecule has 1 aromatic carbocycles. The molecule has 0 saturated carbocycles. The van der Waals surface area contributed by atoms with Crippen LogP contribution < -0.4 is 10.5 Å². The summed E-state index contributed by atoms with van der Waals surface area (Å²) in [4.78, 5) is 0.337. The predicted octanol–water partition coefficient (Wildman–Crippen LogP) is 1.53. The molecular formula is C14H21N3O2S2. The predicted molar refractivity (Wildman–Crippen MR) is 88.1 cm³/mol. The topological polar surface area (TPSA) is 75.4 Å². The molecule has 1 heterocycles. The van der Waals surface area contributed by atoms with E-state index in [0.717, 1.165) is 30.4 Å². The van der Waals surface area contributed by atoms with Gasteiger partial charge in [0.15, 0.2) is 0 Å². The Hall–Kier alpha value is -1.02. The Bertz CT molecular complexity index is 599. The summed E-state index contributed by atoms with van der Waals surface area (Å²) >= 11 is 4.89. The van der Waals surface area contributed by atoms with Crippen molar-refractivity contribution in [2.24, 2.45) is 5.73 Å². The lowest BCUT2D eigenvalue weighted by atomic mass is 10.1. The van der Waals surface area contributed by atoms with Gasteiger partial charge < -0.3 is 5.73 Å². The minimum absolute atomic E-state index is 0.0632. The number of hydrogen-bond donors (Lipinski definition) is 2. The molecule has 3 N–H and O–H groups in total. The zero-order valence-corrected chi connectivity index (χ0v) is 13.7. The van der Waals surface area contributed by atoms with Crippen LogP contribution >= 0.6 is 12.2 Å². The summed E-state index contributed by atoms with van der Waals surface area (Å²) in [6.07, 6.45) is 2.94. The zero-order valence-electron chi connectivity index (χ0n) is 12.1. The van der Waals surface area contributed by atoms with Gasteiger partial charge in [-0.1, -0.05) is 42.9 Å². The molecule has 5 nitrogen and oxygen atoms in total. The Morgan fingerprint density at radius 2 is 2.05 bits per heavy atom. The summed E-state index contributed by atoms with van der Waals surface area (Å²) in [7, 11) is -3.42. The maximum atomic E-state index is 12.3. The SMILES string of the molecule is CC1CCCCN1S(=O)(=O)NCc1ccc(C(N)=S)cc1.